The van der Waals surface area contributed by atoms with Crippen LogP contribution in [-0.2, 0) is 20.9 Å². The Labute approximate surface area is 240 Å². The van der Waals surface area contributed by atoms with Crippen LogP contribution < -0.4 is 10.6 Å². The van der Waals surface area contributed by atoms with Gasteiger partial charge in [-0.25, -0.2) is 0 Å². The summed E-state index contributed by atoms with van der Waals surface area (Å²) in [6.45, 7) is 3.84. The number of hydrogen-bond donors (Lipinski definition) is 3. The molecule has 3 N–H and O–H groups in total. The molecular formula is C28H31BrClN3O4S. The second-order valence-electron chi connectivity index (χ2n) is 10.3. The molecule has 2 aromatic carbocycles. The Hall–Kier alpha value is -2.07. The Morgan fingerprint density at radius 1 is 1.21 bits per heavy atom. The van der Waals surface area contributed by atoms with Crippen molar-refractivity contribution in [2.75, 3.05) is 11.9 Å². The number of nitrogens with zero attached hydrogens (tertiary/aromatic N) is 1. The topological polar surface area (TPSA) is 98.7 Å². The number of fused-ring (bicyclic) bond motifs is 1. The number of likely N-dealkylation sites (tertiary alicyclic amines) is 1. The number of benzene rings is 2. The maximum absolute atomic E-state index is 14.1. The molecule has 3 amide bonds. The van der Waals surface area contributed by atoms with Gasteiger partial charge in [-0.15, -0.1) is 11.8 Å². The second-order valence-corrected chi connectivity index (χ2v) is 13.4. The number of amides is 3. The third-order valence-corrected chi connectivity index (χ3v) is 11.7. The Balaban J connectivity index is 1.50. The number of carbonyl (C=O) groups excluding carboxylic acids is 3. The fraction of sp³-hybridized carbons (Fsp3) is 0.464. The molecule has 3 aliphatic rings. The highest BCUT2D eigenvalue weighted by molar-refractivity contribution is 9.09. The van der Waals surface area contributed by atoms with E-state index in [0.717, 1.165) is 11.1 Å². The van der Waals surface area contributed by atoms with Gasteiger partial charge in [0.25, 0.3) is 0 Å². The van der Waals surface area contributed by atoms with E-state index in [4.69, 9.17) is 11.6 Å². The van der Waals surface area contributed by atoms with Crippen molar-refractivity contribution in [1.82, 2.24) is 10.2 Å². The van der Waals surface area contributed by atoms with Crippen LogP contribution in [0.2, 0.25) is 5.02 Å². The Morgan fingerprint density at radius 2 is 1.95 bits per heavy atom. The summed E-state index contributed by atoms with van der Waals surface area (Å²) in [4.78, 5) is 43.3. The van der Waals surface area contributed by atoms with E-state index >= 15 is 0 Å². The summed E-state index contributed by atoms with van der Waals surface area (Å²) in [5.74, 6) is -2.02. The maximum Gasteiger partial charge on any atom is 0.248 e. The summed E-state index contributed by atoms with van der Waals surface area (Å²) in [7, 11) is 0. The largest absolute Gasteiger partial charge is 0.394 e. The number of alkyl halides is 1. The maximum atomic E-state index is 14.1. The van der Waals surface area contributed by atoms with E-state index in [1.165, 1.54) is 0 Å². The summed E-state index contributed by atoms with van der Waals surface area (Å²) in [6, 6.07) is 13.6. The van der Waals surface area contributed by atoms with Crippen molar-refractivity contribution >= 4 is 62.7 Å². The van der Waals surface area contributed by atoms with Crippen molar-refractivity contribution in [1.29, 1.82) is 0 Å². The lowest BCUT2D eigenvalue weighted by atomic mass is 9.70. The second kappa shape index (κ2) is 10.8. The van der Waals surface area contributed by atoms with Gasteiger partial charge in [-0.2, -0.15) is 0 Å². The number of rotatable bonds is 8. The highest BCUT2D eigenvalue weighted by Gasteiger charge is 2.76. The molecule has 5 rings (SSSR count). The van der Waals surface area contributed by atoms with Crippen LogP contribution in [0.3, 0.4) is 0 Å². The van der Waals surface area contributed by atoms with Crippen LogP contribution in [-0.4, -0.2) is 61.2 Å². The van der Waals surface area contributed by atoms with E-state index in [2.05, 4.69) is 26.6 Å². The van der Waals surface area contributed by atoms with Crippen molar-refractivity contribution in [3.63, 3.8) is 0 Å². The molecule has 202 valence electrons. The molecule has 2 bridgehead atoms. The number of aliphatic hydroxyl groups is 1. The normalized spacial score (nSPS) is 30.3. The lowest BCUT2D eigenvalue weighted by Gasteiger charge is -2.37. The molecule has 0 radical (unpaired) electrons. The monoisotopic (exact) mass is 619 g/mol. The zero-order chi connectivity index (χ0) is 27.2. The molecule has 3 heterocycles. The van der Waals surface area contributed by atoms with E-state index in [1.54, 1.807) is 22.7 Å². The van der Waals surface area contributed by atoms with Gasteiger partial charge in [0.1, 0.15) is 6.04 Å². The summed E-state index contributed by atoms with van der Waals surface area (Å²) in [6.07, 6.45) is 1.05. The van der Waals surface area contributed by atoms with Crippen molar-refractivity contribution < 1.29 is 19.5 Å². The van der Waals surface area contributed by atoms with E-state index in [9.17, 15) is 19.5 Å². The molecule has 3 saturated heterocycles. The molecular weight excluding hydrogens is 590 g/mol. The first kappa shape index (κ1) is 27.5. The lowest BCUT2D eigenvalue weighted by Crippen LogP contribution is -2.55. The van der Waals surface area contributed by atoms with Gasteiger partial charge in [0.15, 0.2) is 0 Å². The molecule has 7 atom stereocenters. The van der Waals surface area contributed by atoms with Crippen LogP contribution in [0.25, 0.3) is 0 Å². The SMILES string of the molecule is CC[C@@H](CO)N1C(=O)[C@@H]2[C@H](C(=O)NCc3ccccc3)[C@H]3SC2(CC3Br)C1C(=O)Nc1c(C)cccc1Cl. The molecule has 3 unspecified atom stereocenters. The Kier molecular flexibility index (Phi) is 7.84. The first-order valence-corrected chi connectivity index (χ1v) is 15.0. The van der Waals surface area contributed by atoms with Gasteiger partial charge in [-0.1, -0.05) is 76.9 Å². The quantitative estimate of drug-likeness (QED) is 0.386. The third-order valence-electron chi connectivity index (χ3n) is 8.13. The number of anilines is 1. The van der Waals surface area contributed by atoms with Gasteiger partial charge in [-0.3, -0.25) is 14.4 Å². The number of aryl methyl sites for hydroxylation is 1. The van der Waals surface area contributed by atoms with Gasteiger partial charge in [0, 0.05) is 16.6 Å². The first-order chi connectivity index (χ1) is 18.2. The molecule has 0 saturated carbocycles. The fourth-order valence-electron chi connectivity index (χ4n) is 6.36. The van der Waals surface area contributed by atoms with E-state index in [-0.39, 0.29) is 34.4 Å². The molecule has 3 fully saturated rings. The number of thioether (sulfide) groups is 1. The van der Waals surface area contributed by atoms with Crippen molar-refractivity contribution in [3.05, 3.63) is 64.7 Å². The van der Waals surface area contributed by atoms with Gasteiger partial charge in [-0.05, 0) is 37.0 Å². The summed E-state index contributed by atoms with van der Waals surface area (Å²) < 4.78 is -0.799. The third kappa shape index (κ3) is 4.45. The van der Waals surface area contributed by atoms with Crippen LogP contribution in [0.15, 0.2) is 48.5 Å². The molecule has 0 aliphatic carbocycles. The molecule has 2 aromatic rings. The van der Waals surface area contributed by atoms with Gasteiger partial charge in [0.2, 0.25) is 17.7 Å². The van der Waals surface area contributed by atoms with Crippen LogP contribution in [0.4, 0.5) is 5.69 Å². The molecule has 38 heavy (non-hydrogen) atoms. The summed E-state index contributed by atoms with van der Waals surface area (Å²) in [5.41, 5.74) is 2.29. The van der Waals surface area contributed by atoms with Crippen LogP contribution >= 0.6 is 39.3 Å². The predicted molar refractivity (Wildman–Crippen MR) is 153 cm³/mol. The number of para-hydroxylation sites is 1. The van der Waals surface area contributed by atoms with Crippen molar-refractivity contribution in [3.8, 4) is 0 Å². The molecule has 10 heteroatoms. The molecule has 3 aliphatic heterocycles. The zero-order valence-corrected chi connectivity index (χ0v) is 24.4. The van der Waals surface area contributed by atoms with Gasteiger partial charge in [0.05, 0.1) is 39.9 Å². The first-order valence-electron chi connectivity index (χ1n) is 12.9. The highest BCUT2D eigenvalue weighted by atomic mass is 79.9. The smallest absolute Gasteiger partial charge is 0.248 e. The number of aliphatic hydroxyl groups excluding tert-OH is 1. The van der Waals surface area contributed by atoms with Crippen LogP contribution in [0.1, 0.15) is 30.9 Å². The van der Waals surface area contributed by atoms with Gasteiger partial charge >= 0.3 is 0 Å². The highest BCUT2D eigenvalue weighted by Crippen LogP contribution is 2.68. The summed E-state index contributed by atoms with van der Waals surface area (Å²) >= 11 is 11.8. The average molecular weight is 621 g/mol. The molecule has 0 aromatic heterocycles. The lowest BCUT2D eigenvalue weighted by molar-refractivity contribution is -0.142. The minimum atomic E-state index is -0.852. The van der Waals surface area contributed by atoms with E-state index in [1.807, 2.05) is 56.3 Å². The van der Waals surface area contributed by atoms with Gasteiger partial charge < -0.3 is 20.6 Å². The predicted octanol–water partition coefficient (Wildman–Crippen LogP) is 4.14. The minimum absolute atomic E-state index is 0.0319. The number of carbonyl (C=O) groups is 3. The zero-order valence-electron chi connectivity index (χ0n) is 21.2. The Bertz CT molecular complexity index is 1230. The molecule has 1 spiro atoms. The van der Waals surface area contributed by atoms with Crippen molar-refractivity contribution in [2.24, 2.45) is 11.8 Å². The van der Waals surface area contributed by atoms with E-state index < -0.39 is 28.7 Å². The summed E-state index contributed by atoms with van der Waals surface area (Å²) in [5, 5.41) is 16.5. The Morgan fingerprint density at radius 3 is 2.61 bits per heavy atom. The minimum Gasteiger partial charge on any atom is -0.394 e. The standard InChI is InChI=1S/C28H31BrClN3O4S/c1-3-17(14-34)33-24(26(36)32-22-15(2)8-7-11-19(22)30)28-12-18(29)23(38-28)20(21(28)27(33)37)25(35)31-13-16-9-5-4-6-10-16/h4-11,17-18,20-21,23-24,34H,3,12-14H2,1-2H3,(H,31,35)(H,32,36)/t17-,18?,20-,21-,23-,24?,28?/m0/s1. The average Bonchev–Trinajstić information content (AvgIpc) is 3.50. The fourth-order valence-corrected chi connectivity index (χ4v) is 10.2. The number of hydrogen-bond acceptors (Lipinski definition) is 5. The number of halogens is 2. The van der Waals surface area contributed by atoms with Crippen LogP contribution in [0.5, 0.6) is 0 Å². The molecule has 7 nitrogen and oxygen atoms in total. The van der Waals surface area contributed by atoms with Crippen molar-refractivity contribution in [2.45, 2.75) is 60.1 Å². The van der Waals surface area contributed by atoms with Crippen LogP contribution in [0, 0.1) is 18.8 Å². The van der Waals surface area contributed by atoms with E-state index in [0.29, 0.717) is 30.1 Å². The number of nitrogens with one attached hydrogen (secondary N) is 2.